The first-order valence-electron chi connectivity index (χ1n) is 3.77. The fourth-order valence-corrected chi connectivity index (χ4v) is 1.00. The molecule has 1 aromatic rings. The summed E-state index contributed by atoms with van der Waals surface area (Å²) in [5.74, 6) is 0.677. The lowest BCUT2D eigenvalue weighted by atomic mass is 10.2. The number of phenols is 1. The molecule has 0 bridgehead atoms. The fraction of sp³-hybridized carbons (Fsp3) is 0.200. The van der Waals surface area contributed by atoms with E-state index in [9.17, 15) is 5.11 Å². The van der Waals surface area contributed by atoms with Crippen molar-refractivity contribution in [3.05, 3.63) is 29.8 Å². The van der Waals surface area contributed by atoms with E-state index in [1.807, 2.05) is 25.1 Å². The predicted molar refractivity (Wildman–Crippen MR) is 49.4 cm³/mol. The van der Waals surface area contributed by atoms with Crippen LogP contribution in [0.15, 0.2) is 24.3 Å². The molecule has 0 spiro atoms. The topological polar surface area (TPSA) is 29.5 Å². The lowest BCUT2D eigenvalue weighted by molar-refractivity contribution is 0.373. The highest BCUT2D eigenvalue weighted by Crippen LogP contribution is 2.26. The van der Waals surface area contributed by atoms with Crippen molar-refractivity contribution in [3.8, 4) is 11.5 Å². The molecule has 0 aliphatic heterocycles. The Morgan fingerprint density at radius 1 is 1.42 bits per heavy atom. The maximum absolute atomic E-state index is 9.36. The lowest BCUT2D eigenvalue weighted by Crippen LogP contribution is -1.83. The quantitative estimate of drug-likeness (QED) is 0.727. The van der Waals surface area contributed by atoms with Crippen LogP contribution in [0.1, 0.15) is 12.5 Å². The smallest absolute Gasteiger partial charge is 0.160 e. The Morgan fingerprint density at radius 3 is 2.67 bits per heavy atom. The summed E-state index contributed by atoms with van der Waals surface area (Å²) in [5, 5.41) is 9.36. The molecule has 0 saturated heterocycles. The lowest BCUT2D eigenvalue weighted by Gasteiger charge is -2.02. The first kappa shape index (κ1) is 8.65. The highest BCUT2D eigenvalue weighted by atomic mass is 16.5. The Labute approximate surface area is 72.1 Å². The van der Waals surface area contributed by atoms with Crippen LogP contribution in [0.4, 0.5) is 0 Å². The molecule has 0 radical (unpaired) electrons. The molecule has 12 heavy (non-hydrogen) atoms. The van der Waals surface area contributed by atoms with Gasteiger partial charge in [-0.3, -0.25) is 0 Å². The molecule has 0 aromatic heterocycles. The van der Waals surface area contributed by atoms with E-state index in [0.717, 1.165) is 5.56 Å². The standard InChI is InChI=1S/C10H12O2/c1-3-4-8-5-6-10(12-2)9(11)7-8/h3-7,11H,1-2H3/b4-3-. The van der Waals surface area contributed by atoms with Crippen molar-refractivity contribution in [2.24, 2.45) is 0 Å². The number of rotatable bonds is 2. The highest BCUT2D eigenvalue weighted by Gasteiger charge is 1.99. The third kappa shape index (κ3) is 1.78. The first-order valence-corrected chi connectivity index (χ1v) is 3.77. The molecule has 64 valence electrons. The van der Waals surface area contributed by atoms with Gasteiger partial charge >= 0.3 is 0 Å². The second-order valence-electron chi connectivity index (χ2n) is 2.43. The summed E-state index contributed by atoms with van der Waals surface area (Å²) in [4.78, 5) is 0. The molecule has 0 amide bonds. The van der Waals surface area contributed by atoms with Gasteiger partial charge in [0.15, 0.2) is 11.5 Å². The summed E-state index contributed by atoms with van der Waals surface area (Å²) in [7, 11) is 1.53. The minimum Gasteiger partial charge on any atom is -0.504 e. The Hall–Kier alpha value is -1.44. The van der Waals surface area contributed by atoms with Crippen molar-refractivity contribution in [1.82, 2.24) is 0 Å². The van der Waals surface area contributed by atoms with E-state index in [1.165, 1.54) is 7.11 Å². The van der Waals surface area contributed by atoms with E-state index < -0.39 is 0 Å². The minimum atomic E-state index is 0.174. The Kier molecular flexibility index (Phi) is 2.75. The van der Waals surface area contributed by atoms with Gasteiger partial charge in [-0.1, -0.05) is 18.2 Å². The number of hydrogen-bond donors (Lipinski definition) is 1. The monoisotopic (exact) mass is 164 g/mol. The third-order valence-electron chi connectivity index (χ3n) is 1.56. The zero-order chi connectivity index (χ0) is 8.97. The maximum Gasteiger partial charge on any atom is 0.160 e. The van der Waals surface area contributed by atoms with Gasteiger partial charge in [-0.2, -0.15) is 0 Å². The van der Waals surface area contributed by atoms with E-state index in [-0.39, 0.29) is 5.75 Å². The zero-order valence-electron chi connectivity index (χ0n) is 7.24. The van der Waals surface area contributed by atoms with E-state index in [2.05, 4.69) is 0 Å². The van der Waals surface area contributed by atoms with Crippen LogP contribution < -0.4 is 4.74 Å². The Morgan fingerprint density at radius 2 is 2.17 bits per heavy atom. The molecule has 1 rings (SSSR count). The number of allylic oxidation sites excluding steroid dienone is 1. The van der Waals surface area contributed by atoms with Gasteiger partial charge in [0.1, 0.15) is 0 Å². The molecular formula is C10H12O2. The van der Waals surface area contributed by atoms with E-state index in [4.69, 9.17) is 4.74 Å². The maximum atomic E-state index is 9.36. The van der Waals surface area contributed by atoms with Crippen molar-refractivity contribution in [2.75, 3.05) is 7.11 Å². The summed E-state index contributed by atoms with van der Waals surface area (Å²) in [6.45, 7) is 1.93. The molecule has 0 aliphatic rings. The molecule has 2 nitrogen and oxygen atoms in total. The molecule has 0 atom stereocenters. The number of methoxy groups -OCH3 is 1. The van der Waals surface area contributed by atoms with E-state index in [1.54, 1.807) is 12.1 Å². The zero-order valence-corrected chi connectivity index (χ0v) is 7.24. The van der Waals surface area contributed by atoms with Gasteiger partial charge in [-0.25, -0.2) is 0 Å². The largest absolute Gasteiger partial charge is 0.504 e. The van der Waals surface area contributed by atoms with Crippen LogP contribution in [-0.2, 0) is 0 Å². The SMILES string of the molecule is C/C=C\c1ccc(OC)c(O)c1. The number of ether oxygens (including phenoxy) is 1. The van der Waals surface area contributed by atoms with Gasteiger partial charge in [0.05, 0.1) is 7.11 Å². The number of hydrogen-bond acceptors (Lipinski definition) is 2. The van der Waals surface area contributed by atoms with Crippen molar-refractivity contribution < 1.29 is 9.84 Å². The molecular weight excluding hydrogens is 152 g/mol. The second kappa shape index (κ2) is 3.81. The molecule has 0 saturated carbocycles. The number of phenolic OH excluding ortho intramolecular Hbond substituents is 1. The van der Waals surface area contributed by atoms with E-state index in [0.29, 0.717) is 5.75 Å². The number of aromatic hydroxyl groups is 1. The summed E-state index contributed by atoms with van der Waals surface area (Å²) >= 11 is 0. The molecule has 1 N–H and O–H groups in total. The van der Waals surface area contributed by atoms with Crippen LogP contribution in [0.25, 0.3) is 6.08 Å². The summed E-state index contributed by atoms with van der Waals surface area (Å²) in [5.41, 5.74) is 0.968. The Balaban J connectivity index is 3.01. The minimum absolute atomic E-state index is 0.174. The van der Waals surface area contributed by atoms with Crippen molar-refractivity contribution in [3.63, 3.8) is 0 Å². The highest BCUT2D eigenvalue weighted by molar-refractivity contribution is 5.55. The van der Waals surface area contributed by atoms with Crippen LogP contribution in [0, 0.1) is 0 Å². The van der Waals surface area contributed by atoms with Gasteiger partial charge in [0.2, 0.25) is 0 Å². The second-order valence-corrected chi connectivity index (χ2v) is 2.43. The Bertz CT molecular complexity index is 290. The summed E-state index contributed by atoms with van der Waals surface area (Å²) in [6.07, 6.45) is 3.83. The summed E-state index contributed by atoms with van der Waals surface area (Å²) < 4.78 is 4.90. The van der Waals surface area contributed by atoms with Gasteiger partial charge in [0, 0.05) is 0 Å². The van der Waals surface area contributed by atoms with Gasteiger partial charge in [-0.05, 0) is 24.6 Å². The first-order chi connectivity index (χ1) is 5.77. The molecule has 1 aromatic carbocycles. The summed E-state index contributed by atoms with van der Waals surface area (Å²) in [6, 6.07) is 5.29. The average molecular weight is 164 g/mol. The molecule has 0 unspecified atom stereocenters. The van der Waals surface area contributed by atoms with Crippen LogP contribution in [0.5, 0.6) is 11.5 Å². The van der Waals surface area contributed by atoms with Crippen LogP contribution in [0.3, 0.4) is 0 Å². The molecule has 0 aliphatic carbocycles. The van der Waals surface area contributed by atoms with Gasteiger partial charge < -0.3 is 9.84 Å². The van der Waals surface area contributed by atoms with Gasteiger partial charge in [-0.15, -0.1) is 0 Å². The van der Waals surface area contributed by atoms with Crippen molar-refractivity contribution >= 4 is 6.08 Å². The molecule has 0 fully saturated rings. The van der Waals surface area contributed by atoms with Crippen LogP contribution in [0.2, 0.25) is 0 Å². The number of benzene rings is 1. The van der Waals surface area contributed by atoms with Crippen molar-refractivity contribution in [1.29, 1.82) is 0 Å². The molecule has 2 heteroatoms. The fourth-order valence-electron chi connectivity index (χ4n) is 1.00. The van der Waals surface area contributed by atoms with Crippen molar-refractivity contribution in [2.45, 2.75) is 6.92 Å². The normalized spacial score (nSPS) is 10.5. The van der Waals surface area contributed by atoms with Gasteiger partial charge in [0.25, 0.3) is 0 Å². The van der Waals surface area contributed by atoms with E-state index >= 15 is 0 Å². The van der Waals surface area contributed by atoms with Crippen LogP contribution >= 0.6 is 0 Å². The average Bonchev–Trinajstić information content (AvgIpc) is 2.05. The third-order valence-corrected chi connectivity index (χ3v) is 1.56. The van der Waals surface area contributed by atoms with Crippen LogP contribution in [-0.4, -0.2) is 12.2 Å². The molecule has 0 heterocycles. The predicted octanol–water partition coefficient (Wildman–Crippen LogP) is 2.43.